The zero-order chi connectivity index (χ0) is 6.69. The first-order valence-electron chi connectivity index (χ1n) is 2.69. The van der Waals surface area contributed by atoms with Crippen LogP contribution >= 0.6 is 22.6 Å². The average Bonchev–Trinajstić information content (AvgIpc) is 2.17. The van der Waals surface area contributed by atoms with Gasteiger partial charge >= 0.3 is 0 Å². The van der Waals surface area contributed by atoms with E-state index in [1.54, 1.807) is 6.26 Å². The van der Waals surface area contributed by atoms with Gasteiger partial charge in [0.05, 0.1) is 6.61 Å². The number of hydrogen-bond acceptors (Lipinski definition) is 2. The summed E-state index contributed by atoms with van der Waals surface area (Å²) in [6, 6.07) is 1.85. The standard InChI is InChI=1S/C6H7IO2/c1-2-8-5-3-6(7)9-4-5/h3-4H,2H2,1H3. The predicted octanol–water partition coefficient (Wildman–Crippen LogP) is 2.28. The van der Waals surface area contributed by atoms with Crippen LogP contribution in [0.4, 0.5) is 0 Å². The largest absolute Gasteiger partial charge is 0.490 e. The molecule has 9 heavy (non-hydrogen) atoms. The fourth-order valence-electron chi connectivity index (χ4n) is 0.537. The van der Waals surface area contributed by atoms with Crippen LogP contribution in [0.5, 0.6) is 5.75 Å². The van der Waals surface area contributed by atoms with Gasteiger partial charge in [-0.1, -0.05) is 0 Å². The highest BCUT2D eigenvalue weighted by atomic mass is 127. The minimum Gasteiger partial charge on any atom is -0.490 e. The van der Waals surface area contributed by atoms with Gasteiger partial charge in [0.25, 0.3) is 0 Å². The second-order valence-electron chi connectivity index (χ2n) is 1.52. The van der Waals surface area contributed by atoms with E-state index in [9.17, 15) is 0 Å². The van der Waals surface area contributed by atoms with Gasteiger partial charge in [-0.15, -0.1) is 0 Å². The fourth-order valence-corrected chi connectivity index (χ4v) is 0.971. The normalized spacial score (nSPS) is 9.56. The van der Waals surface area contributed by atoms with E-state index < -0.39 is 0 Å². The lowest BCUT2D eigenvalue weighted by molar-refractivity contribution is 0.335. The van der Waals surface area contributed by atoms with Crippen molar-refractivity contribution in [1.29, 1.82) is 0 Å². The number of furan rings is 1. The van der Waals surface area contributed by atoms with Crippen LogP contribution in [0.1, 0.15) is 6.92 Å². The van der Waals surface area contributed by atoms with Crippen molar-refractivity contribution in [1.82, 2.24) is 0 Å². The maximum absolute atomic E-state index is 5.13. The molecule has 0 spiro atoms. The number of rotatable bonds is 2. The molecule has 1 aromatic heterocycles. The van der Waals surface area contributed by atoms with Crippen molar-refractivity contribution in [3.8, 4) is 5.75 Å². The van der Waals surface area contributed by atoms with Crippen LogP contribution < -0.4 is 4.74 Å². The highest BCUT2D eigenvalue weighted by molar-refractivity contribution is 14.1. The summed E-state index contributed by atoms with van der Waals surface area (Å²) in [6.45, 7) is 2.63. The van der Waals surface area contributed by atoms with Gasteiger partial charge in [0.1, 0.15) is 6.26 Å². The third kappa shape index (κ3) is 1.89. The number of hydrogen-bond donors (Lipinski definition) is 0. The molecule has 2 nitrogen and oxygen atoms in total. The molecule has 0 N–H and O–H groups in total. The van der Waals surface area contributed by atoms with Crippen LogP contribution in [-0.2, 0) is 0 Å². The van der Waals surface area contributed by atoms with E-state index in [4.69, 9.17) is 9.15 Å². The van der Waals surface area contributed by atoms with Crippen LogP contribution in [0.15, 0.2) is 16.7 Å². The van der Waals surface area contributed by atoms with E-state index in [1.807, 2.05) is 13.0 Å². The van der Waals surface area contributed by atoms with Crippen molar-refractivity contribution < 1.29 is 9.15 Å². The smallest absolute Gasteiger partial charge is 0.167 e. The summed E-state index contributed by atoms with van der Waals surface area (Å²) in [5.74, 6) is 0.807. The Kier molecular flexibility index (Phi) is 2.38. The SMILES string of the molecule is CCOc1coc(I)c1. The molecule has 0 atom stereocenters. The average molecular weight is 238 g/mol. The van der Waals surface area contributed by atoms with Crippen molar-refractivity contribution in [2.75, 3.05) is 6.61 Å². The molecular formula is C6H7IO2. The summed E-state index contributed by atoms with van der Waals surface area (Å²) < 4.78 is 11.0. The first-order chi connectivity index (χ1) is 4.33. The maximum Gasteiger partial charge on any atom is 0.167 e. The molecule has 0 aliphatic carbocycles. The summed E-state index contributed by atoms with van der Waals surface area (Å²) in [5, 5.41) is 0. The van der Waals surface area contributed by atoms with Crippen molar-refractivity contribution in [2.24, 2.45) is 0 Å². The highest BCUT2D eigenvalue weighted by Gasteiger charge is 1.95. The van der Waals surface area contributed by atoms with Gasteiger partial charge in [0, 0.05) is 6.07 Å². The molecule has 0 unspecified atom stereocenters. The minimum absolute atomic E-state index is 0.690. The summed E-state index contributed by atoms with van der Waals surface area (Å²) in [4.78, 5) is 0. The summed E-state index contributed by atoms with van der Waals surface area (Å²) in [5.41, 5.74) is 0. The molecule has 0 saturated carbocycles. The van der Waals surface area contributed by atoms with Crippen LogP contribution in [0, 0.1) is 3.77 Å². The first kappa shape index (κ1) is 6.92. The highest BCUT2D eigenvalue weighted by Crippen LogP contribution is 2.16. The monoisotopic (exact) mass is 238 g/mol. The molecule has 1 heterocycles. The summed E-state index contributed by atoms with van der Waals surface area (Å²) in [7, 11) is 0. The molecule has 0 aromatic carbocycles. The van der Waals surface area contributed by atoms with Gasteiger partial charge in [-0.05, 0) is 29.5 Å². The van der Waals surface area contributed by atoms with E-state index in [0.29, 0.717) is 6.61 Å². The lowest BCUT2D eigenvalue weighted by atomic mass is 10.6. The quantitative estimate of drug-likeness (QED) is 0.737. The molecule has 1 aromatic rings. The molecule has 0 radical (unpaired) electrons. The van der Waals surface area contributed by atoms with Crippen molar-refractivity contribution in [3.63, 3.8) is 0 Å². The number of halogens is 1. The van der Waals surface area contributed by atoms with Crippen LogP contribution in [0.2, 0.25) is 0 Å². The van der Waals surface area contributed by atoms with E-state index in [1.165, 1.54) is 0 Å². The zero-order valence-corrected chi connectivity index (χ0v) is 7.21. The Bertz CT molecular complexity index is 183. The van der Waals surface area contributed by atoms with Gasteiger partial charge in [-0.3, -0.25) is 0 Å². The second-order valence-corrected chi connectivity index (χ2v) is 2.58. The Morgan fingerprint density at radius 2 is 2.56 bits per heavy atom. The van der Waals surface area contributed by atoms with Crippen molar-refractivity contribution in [2.45, 2.75) is 6.92 Å². The molecule has 3 heteroatoms. The van der Waals surface area contributed by atoms with E-state index in [0.717, 1.165) is 9.52 Å². The van der Waals surface area contributed by atoms with Gasteiger partial charge < -0.3 is 9.15 Å². The Balaban J connectivity index is 2.61. The van der Waals surface area contributed by atoms with Gasteiger partial charge in [-0.2, -0.15) is 0 Å². The van der Waals surface area contributed by atoms with Crippen LogP contribution in [0.25, 0.3) is 0 Å². The molecule has 50 valence electrons. The zero-order valence-electron chi connectivity index (χ0n) is 5.06. The molecule has 0 saturated heterocycles. The lowest BCUT2D eigenvalue weighted by Crippen LogP contribution is -1.87. The maximum atomic E-state index is 5.13. The molecule has 0 aliphatic rings. The van der Waals surface area contributed by atoms with Crippen LogP contribution in [-0.4, -0.2) is 6.61 Å². The molecule has 0 bridgehead atoms. The summed E-state index contributed by atoms with van der Waals surface area (Å²) in [6.07, 6.45) is 1.60. The molecule has 1 rings (SSSR count). The van der Waals surface area contributed by atoms with Crippen molar-refractivity contribution >= 4 is 22.6 Å². The van der Waals surface area contributed by atoms with E-state index in [2.05, 4.69) is 22.6 Å². The fraction of sp³-hybridized carbons (Fsp3) is 0.333. The van der Waals surface area contributed by atoms with Crippen molar-refractivity contribution in [3.05, 3.63) is 16.1 Å². The second kappa shape index (κ2) is 3.10. The topological polar surface area (TPSA) is 22.4 Å². The Labute approximate surface area is 67.3 Å². The predicted molar refractivity (Wildman–Crippen MR) is 42.6 cm³/mol. The molecule has 0 amide bonds. The summed E-state index contributed by atoms with van der Waals surface area (Å²) >= 11 is 2.09. The van der Waals surface area contributed by atoms with Gasteiger partial charge in [0.2, 0.25) is 0 Å². The van der Waals surface area contributed by atoms with Crippen LogP contribution in [0.3, 0.4) is 0 Å². The third-order valence-electron chi connectivity index (χ3n) is 0.854. The molecule has 0 aliphatic heterocycles. The molecular weight excluding hydrogens is 231 g/mol. The Hall–Kier alpha value is -0.190. The Morgan fingerprint density at radius 3 is 3.00 bits per heavy atom. The Morgan fingerprint density at radius 1 is 1.78 bits per heavy atom. The minimum atomic E-state index is 0.690. The van der Waals surface area contributed by atoms with E-state index in [-0.39, 0.29) is 0 Å². The van der Waals surface area contributed by atoms with Gasteiger partial charge in [0.15, 0.2) is 9.52 Å². The third-order valence-corrected chi connectivity index (χ3v) is 1.42. The van der Waals surface area contributed by atoms with E-state index >= 15 is 0 Å². The first-order valence-corrected chi connectivity index (χ1v) is 3.77. The molecule has 0 fully saturated rings. The van der Waals surface area contributed by atoms with Gasteiger partial charge in [-0.25, -0.2) is 0 Å². The number of ether oxygens (including phenoxy) is 1. The lowest BCUT2D eigenvalue weighted by Gasteiger charge is -1.93.